The van der Waals surface area contributed by atoms with Crippen LogP contribution in [0.5, 0.6) is 0 Å². The van der Waals surface area contributed by atoms with Crippen LogP contribution >= 0.6 is 14.1 Å². The molecule has 0 aliphatic heterocycles. The Balaban J connectivity index is 0. The summed E-state index contributed by atoms with van der Waals surface area (Å²) in [6.45, 7) is 14.2. The largest absolute Gasteiger partial charge is 0.741 e. The van der Waals surface area contributed by atoms with Crippen LogP contribution in [0.3, 0.4) is 0 Å². The minimum Gasteiger partial charge on any atom is -0.741 e. The Bertz CT molecular complexity index is 1220. The molecule has 0 unspecified atom stereocenters. The van der Waals surface area contributed by atoms with Crippen molar-refractivity contribution in [3.63, 3.8) is 0 Å². The normalized spacial score (nSPS) is 12.3. The van der Waals surface area contributed by atoms with Crippen molar-refractivity contribution in [2.45, 2.75) is 394 Å². The summed E-state index contributed by atoms with van der Waals surface area (Å²) in [4.78, 5) is 0. The summed E-state index contributed by atoms with van der Waals surface area (Å²) < 4.78 is 65.9. The molecule has 0 aliphatic rings. The number of unbranched alkanes of at least 4 members (excludes halogenated alkanes) is 48. The van der Waals surface area contributed by atoms with E-state index in [-0.39, 0.29) is 0 Å². The van der Waals surface area contributed by atoms with Gasteiger partial charge in [0.05, 0.1) is 0 Å². The van der Waals surface area contributed by atoms with E-state index >= 15 is 0 Å². The molecule has 466 valence electrons. The van der Waals surface area contributed by atoms with Gasteiger partial charge in [0.15, 0.2) is 10.1 Å². The monoisotopic (exact) mass is 1160 g/mol. The Morgan fingerprint density at radius 3 is 0.468 bits per heavy atom. The SMILES string of the molecule is CCCCCCCCCCCP(CCCCCCCCCCC)(CCCCCCCCCCC)=[N+]=P(CCCCCCCCCCC)(CCCCCCCCCCC)CCCCCCCCCCC.O=S(=O)([O-])C(F)(F)F. The van der Waals surface area contributed by atoms with E-state index in [9.17, 15) is 13.2 Å². The molecular weight excluding hydrogens is 1020 g/mol. The molecule has 0 spiro atoms. The first-order chi connectivity index (χ1) is 37.3. The molecule has 0 saturated heterocycles. The highest BCUT2D eigenvalue weighted by Gasteiger charge is 2.37. The van der Waals surface area contributed by atoms with Crippen LogP contribution in [0.4, 0.5) is 13.2 Å². The second kappa shape index (κ2) is 59.4. The third-order valence-corrected chi connectivity index (χ3v) is 27.2. The van der Waals surface area contributed by atoms with Crippen LogP contribution in [-0.4, -0.2) is 55.5 Å². The molecule has 77 heavy (non-hydrogen) atoms. The van der Waals surface area contributed by atoms with E-state index in [1.807, 2.05) is 0 Å². The number of rotatable bonds is 60. The molecule has 0 fully saturated rings. The maximum absolute atomic E-state index is 10.7. The van der Waals surface area contributed by atoms with Gasteiger partial charge in [-0.25, -0.2) is 8.42 Å². The second-order valence-electron chi connectivity index (χ2n) is 24.5. The van der Waals surface area contributed by atoms with Crippen molar-refractivity contribution in [2.24, 2.45) is 0 Å². The molecule has 4 nitrogen and oxygen atoms in total. The van der Waals surface area contributed by atoms with Crippen molar-refractivity contribution >= 4 is 24.2 Å². The van der Waals surface area contributed by atoms with Crippen LogP contribution in [0.25, 0.3) is 0 Å². The Morgan fingerprint density at radius 2 is 0.364 bits per heavy atom. The van der Waals surface area contributed by atoms with Crippen LogP contribution in [0, 0.1) is 0 Å². The summed E-state index contributed by atoms with van der Waals surface area (Å²) in [7, 11) is -8.86. The minimum absolute atomic E-state index is 1.37. The van der Waals surface area contributed by atoms with Gasteiger partial charge in [0.1, 0.15) is 0 Å². The van der Waals surface area contributed by atoms with Gasteiger partial charge >= 0.3 is 5.51 Å². The van der Waals surface area contributed by atoms with E-state index in [1.165, 1.54) is 384 Å². The number of halogens is 3. The molecular formula is C67H138F3NO3P2S. The Hall–Kier alpha value is 0.270. The first-order valence-corrected chi connectivity index (χ1v) is 40.8. The molecule has 0 aromatic rings. The summed E-state index contributed by atoms with van der Waals surface area (Å²) in [6, 6.07) is 0. The van der Waals surface area contributed by atoms with E-state index in [4.69, 9.17) is 17.1 Å². The summed E-state index contributed by atoms with van der Waals surface area (Å²) in [6.07, 6.45) is 88.2. The molecule has 10 heteroatoms. The molecule has 0 radical (unpaired) electrons. The summed E-state index contributed by atoms with van der Waals surface area (Å²) in [5.41, 5.74) is -5.65. The fourth-order valence-corrected chi connectivity index (χ4v) is 23.2. The van der Waals surface area contributed by atoms with Crippen LogP contribution in [0.15, 0.2) is 0 Å². The number of hydrogen-bond donors (Lipinski definition) is 0. The van der Waals surface area contributed by atoms with E-state index in [2.05, 4.69) is 41.5 Å². The van der Waals surface area contributed by atoms with E-state index in [0.717, 1.165) is 0 Å². The third-order valence-electron chi connectivity index (χ3n) is 16.7. The van der Waals surface area contributed by atoms with Crippen LogP contribution in [-0.2, 0) is 10.1 Å². The van der Waals surface area contributed by atoms with Crippen LogP contribution < -0.4 is 4.17 Å². The van der Waals surface area contributed by atoms with Crippen LogP contribution in [0.2, 0.25) is 0 Å². The summed E-state index contributed by atoms with van der Waals surface area (Å²) in [5, 5.41) is 0. The van der Waals surface area contributed by atoms with Crippen molar-refractivity contribution in [3.8, 4) is 0 Å². The predicted molar refractivity (Wildman–Crippen MR) is 344 cm³/mol. The van der Waals surface area contributed by atoms with Gasteiger partial charge in [0, 0.05) is 37.0 Å². The lowest BCUT2D eigenvalue weighted by Crippen LogP contribution is -2.21. The van der Waals surface area contributed by atoms with Gasteiger partial charge in [0.25, 0.3) is 0 Å². The molecule has 0 atom stereocenters. The lowest BCUT2D eigenvalue weighted by atomic mass is 10.1. The average Bonchev–Trinajstić information content (AvgIpc) is 3.40. The Labute approximate surface area is 482 Å². The van der Waals surface area contributed by atoms with Crippen LogP contribution in [0.1, 0.15) is 388 Å². The average molecular weight is 1160 g/mol. The highest BCUT2D eigenvalue weighted by atomic mass is 32.2. The number of alkyl halides is 3. The first-order valence-electron chi connectivity index (χ1n) is 34.8. The number of nitrogens with zero attached hydrogens (tertiary/aromatic N) is 1. The van der Waals surface area contributed by atoms with Crippen molar-refractivity contribution < 1.29 is 26.1 Å². The smallest absolute Gasteiger partial charge is 0.485 e. The van der Waals surface area contributed by atoms with E-state index in [1.54, 1.807) is 0 Å². The van der Waals surface area contributed by atoms with Crippen molar-refractivity contribution in [3.05, 3.63) is 0 Å². The summed E-state index contributed by atoms with van der Waals surface area (Å²) in [5.74, 6) is 0. The predicted octanol–water partition coefficient (Wildman–Crippen LogP) is 25.7. The molecule has 0 aromatic carbocycles. The minimum atomic E-state index is -6.09. The zero-order chi connectivity index (χ0) is 57.1. The zero-order valence-corrected chi connectivity index (χ0v) is 55.6. The molecule has 0 saturated carbocycles. The quantitative estimate of drug-likeness (QED) is 0.0200. The fourth-order valence-electron chi connectivity index (χ4n) is 11.6. The van der Waals surface area contributed by atoms with E-state index in [0.29, 0.717) is 0 Å². The fraction of sp³-hybridized carbons (Fsp3) is 1.00. The molecule has 0 bridgehead atoms. The first kappa shape index (κ1) is 79.3. The highest BCUT2D eigenvalue weighted by Crippen LogP contribution is 2.56. The van der Waals surface area contributed by atoms with Gasteiger partial charge in [0.2, 0.25) is 14.1 Å². The topological polar surface area (TPSA) is 71.3 Å². The molecule has 0 heterocycles. The lowest BCUT2D eigenvalue weighted by molar-refractivity contribution is -0.0517. The van der Waals surface area contributed by atoms with Crippen molar-refractivity contribution in [2.75, 3.05) is 37.0 Å². The van der Waals surface area contributed by atoms with Gasteiger partial charge in [-0.1, -0.05) is 350 Å². The maximum atomic E-state index is 10.7. The Morgan fingerprint density at radius 1 is 0.260 bits per heavy atom. The molecule has 0 amide bonds. The number of hydrogen-bond acceptors (Lipinski definition) is 3. The molecule has 0 rings (SSSR count). The summed E-state index contributed by atoms with van der Waals surface area (Å²) >= 11 is 0. The third kappa shape index (κ3) is 55.2. The zero-order valence-electron chi connectivity index (χ0n) is 53.0. The van der Waals surface area contributed by atoms with Gasteiger partial charge in [-0.3, -0.25) is 0 Å². The Kier molecular flexibility index (Phi) is 61.2. The van der Waals surface area contributed by atoms with Gasteiger partial charge < -0.3 is 4.55 Å². The standard InChI is InChI=1S/C66H138NP2.CHF3O3S/c1-7-13-19-25-31-37-43-49-55-61-68(62-56-50-44-38-32-26-20-14-8-2,63-57-51-45-39-33-27-21-15-9-3)67-69(64-58-52-46-40-34-28-22-16-10-4,65-59-53-47-41-35-29-23-17-11-5)66-60-54-48-42-36-30-24-18-12-6;2-1(3,4)8(5,6)7/h7-66H2,1-6H3;(H,5,6,7)/q+1;/p-1. The maximum Gasteiger partial charge on any atom is 0.485 e. The van der Waals surface area contributed by atoms with Gasteiger partial charge in [-0.2, -0.15) is 17.3 Å². The molecule has 0 N–H and O–H groups in total. The highest BCUT2D eigenvalue weighted by molar-refractivity contribution is 7.86. The lowest BCUT2D eigenvalue weighted by Gasteiger charge is -2.20. The molecule has 0 aliphatic carbocycles. The van der Waals surface area contributed by atoms with E-state index < -0.39 is 29.7 Å². The molecule has 0 aromatic heterocycles. The van der Waals surface area contributed by atoms with Gasteiger partial charge in [-0.05, 0) is 38.5 Å². The van der Waals surface area contributed by atoms with Gasteiger partial charge in [-0.15, -0.1) is 0 Å². The van der Waals surface area contributed by atoms with Crippen molar-refractivity contribution in [1.29, 1.82) is 0 Å². The van der Waals surface area contributed by atoms with Crippen molar-refractivity contribution in [1.82, 2.24) is 4.17 Å². The second-order valence-corrected chi connectivity index (χ2v) is 33.6.